The van der Waals surface area contributed by atoms with Crippen LogP contribution in [0.3, 0.4) is 0 Å². The number of nitrogens with zero attached hydrogens (tertiary/aromatic N) is 1. The van der Waals surface area contributed by atoms with Crippen molar-refractivity contribution in [3.63, 3.8) is 0 Å². The Kier molecular flexibility index (Phi) is 4.35. The van der Waals surface area contributed by atoms with Crippen molar-refractivity contribution < 1.29 is 9.84 Å². The van der Waals surface area contributed by atoms with E-state index in [2.05, 4.69) is 4.98 Å². The summed E-state index contributed by atoms with van der Waals surface area (Å²) in [5.74, 6) is 1.61. The number of aliphatic hydroxyl groups excluding tert-OH is 1. The third-order valence-corrected chi connectivity index (χ3v) is 3.61. The number of aromatic nitrogens is 1. The predicted octanol–water partition coefficient (Wildman–Crippen LogP) is 4.34. The molecular formula is C19H19NO2. The van der Waals surface area contributed by atoms with Crippen LogP contribution in [0.5, 0.6) is 11.5 Å². The molecule has 0 fully saturated rings. The van der Waals surface area contributed by atoms with E-state index in [1.807, 2.05) is 61.5 Å². The molecule has 0 aliphatic heterocycles. The SMILES string of the molecule is CC(O)CCc1ccc(Oc2ccnc3ccccc23)cc1. The highest BCUT2D eigenvalue weighted by Crippen LogP contribution is 2.28. The highest BCUT2D eigenvalue weighted by molar-refractivity contribution is 5.84. The molecule has 0 amide bonds. The Bertz CT molecular complexity index is 745. The summed E-state index contributed by atoms with van der Waals surface area (Å²) < 4.78 is 5.98. The second-order valence-electron chi connectivity index (χ2n) is 5.46. The molecule has 1 aromatic heterocycles. The van der Waals surface area contributed by atoms with Gasteiger partial charge in [0.25, 0.3) is 0 Å². The molecule has 3 rings (SSSR count). The third-order valence-electron chi connectivity index (χ3n) is 3.61. The van der Waals surface area contributed by atoms with Crippen LogP contribution in [0, 0.1) is 0 Å². The lowest BCUT2D eigenvalue weighted by Crippen LogP contribution is -2.01. The predicted molar refractivity (Wildman–Crippen MR) is 88.3 cm³/mol. The lowest BCUT2D eigenvalue weighted by molar-refractivity contribution is 0.185. The fraction of sp³-hybridized carbons (Fsp3) is 0.211. The number of aryl methyl sites for hydroxylation is 1. The van der Waals surface area contributed by atoms with Gasteiger partial charge in [-0.2, -0.15) is 0 Å². The van der Waals surface area contributed by atoms with Gasteiger partial charge in [-0.05, 0) is 55.7 Å². The summed E-state index contributed by atoms with van der Waals surface area (Å²) in [6, 6.07) is 17.8. The Morgan fingerprint density at radius 2 is 1.82 bits per heavy atom. The topological polar surface area (TPSA) is 42.4 Å². The van der Waals surface area contributed by atoms with Crippen molar-refractivity contribution in [3.05, 3.63) is 66.4 Å². The lowest BCUT2D eigenvalue weighted by atomic mass is 10.1. The number of fused-ring (bicyclic) bond motifs is 1. The molecule has 0 spiro atoms. The monoisotopic (exact) mass is 293 g/mol. The van der Waals surface area contributed by atoms with Gasteiger partial charge in [-0.1, -0.05) is 24.3 Å². The first kappa shape index (κ1) is 14.5. The van der Waals surface area contributed by atoms with Crippen LogP contribution in [0.25, 0.3) is 10.9 Å². The van der Waals surface area contributed by atoms with Gasteiger partial charge < -0.3 is 9.84 Å². The van der Waals surface area contributed by atoms with Crippen molar-refractivity contribution >= 4 is 10.9 Å². The second-order valence-corrected chi connectivity index (χ2v) is 5.46. The molecule has 3 heteroatoms. The normalized spacial score (nSPS) is 12.3. The fourth-order valence-electron chi connectivity index (χ4n) is 2.39. The van der Waals surface area contributed by atoms with Gasteiger partial charge in [-0.3, -0.25) is 4.98 Å². The molecule has 2 aromatic carbocycles. The number of benzene rings is 2. The van der Waals surface area contributed by atoms with Crippen LogP contribution in [-0.2, 0) is 6.42 Å². The van der Waals surface area contributed by atoms with E-state index in [0.717, 1.165) is 35.2 Å². The molecule has 22 heavy (non-hydrogen) atoms. The summed E-state index contributed by atoms with van der Waals surface area (Å²) in [5.41, 5.74) is 2.13. The Morgan fingerprint density at radius 3 is 2.59 bits per heavy atom. The molecule has 112 valence electrons. The van der Waals surface area contributed by atoms with Gasteiger partial charge in [0.2, 0.25) is 0 Å². The molecule has 0 saturated heterocycles. The van der Waals surface area contributed by atoms with Gasteiger partial charge in [-0.25, -0.2) is 0 Å². The molecule has 0 bridgehead atoms. The van der Waals surface area contributed by atoms with Crippen molar-refractivity contribution in [1.29, 1.82) is 0 Å². The molecule has 3 nitrogen and oxygen atoms in total. The third kappa shape index (κ3) is 3.43. The van der Waals surface area contributed by atoms with Gasteiger partial charge in [0.15, 0.2) is 0 Å². The van der Waals surface area contributed by atoms with Gasteiger partial charge in [0.1, 0.15) is 11.5 Å². The first-order valence-corrected chi connectivity index (χ1v) is 7.51. The minimum atomic E-state index is -0.265. The molecule has 0 aliphatic carbocycles. The molecule has 0 saturated carbocycles. The summed E-state index contributed by atoms with van der Waals surface area (Å²) in [7, 11) is 0. The van der Waals surface area contributed by atoms with Crippen molar-refractivity contribution in [2.24, 2.45) is 0 Å². The summed E-state index contributed by atoms with van der Waals surface area (Å²) in [6.07, 6.45) is 3.14. The van der Waals surface area contributed by atoms with Crippen LogP contribution in [0.4, 0.5) is 0 Å². The van der Waals surface area contributed by atoms with Gasteiger partial charge in [0, 0.05) is 11.6 Å². The van der Waals surface area contributed by atoms with E-state index in [1.165, 1.54) is 5.56 Å². The zero-order chi connectivity index (χ0) is 15.4. The number of hydrogen-bond acceptors (Lipinski definition) is 3. The number of aliphatic hydroxyl groups is 1. The van der Waals surface area contributed by atoms with Crippen molar-refractivity contribution in [2.45, 2.75) is 25.9 Å². The number of ether oxygens (including phenoxy) is 1. The van der Waals surface area contributed by atoms with Crippen LogP contribution in [0.2, 0.25) is 0 Å². The summed E-state index contributed by atoms with van der Waals surface area (Å²) in [4.78, 5) is 4.33. The number of hydrogen-bond donors (Lipinski definition) is 1. The Balaban J connectivity index is 1.77. The minimum absolute atomic E-state index is 0.265. The van der Waals surface area contributed by atoms with Crippen LogP contribution in [-0.4, -0.2) is 16.2 Å². The maximum absolute atomic E-state index is 9.33. The van der Waals surface area contributed by atoms with Crippen LogP contribution >= 0.6 is 0 Å². The minimum Gasteiger partial charge on any atom is -0.457 e. The average molecular weight is 293 g/mol. The maximum atomic E-state index is 9.33. The van der Waals surface area contributed by atoms with Crippen LogP contribution < -0.4 is 4.74 Å². The number of para-hydroxylation sites is 1. The quantitative estimate of drug-likeness (QED) is 0.761. The summed E-state index contributed by atoms with van der Waals surface area (Å²) >= 11 is 0. The highest BCUT2D eigenvalue weighted by atomic mass is 16.5. The molecule has 1 heterocycles. The maximum Gasteiger partial charge on any atom is 0.138 e. The second kappa shape index (κ2) is 6.58. The van der Waals surface area contributed by atoms with E-state index in [4.69, 9.17) is 4.74 Å². The number of rotatable bonds is 5. The highest BCUT2D eigenvalue weighted by Gasteiger charge is 2.04. The molecule has 0 aliphatic rings. The molecule has 1 atom stereocenters. The molecular weight excluding hydrogens is 274 g/mol. The van der Waals surface area contributed by atoms with Crippen LogP contribution in [0.15, 0.2) is 60.8 Å². The number of pyridine rings is 1. The molecule has 3 aromatic rings. The first-order valence-electron chi connectivity index (χ1n) is 7.51. The van der Waals surface area contributed by atoms with E-state index >= 15 is 0 Å². The van der Waals surface area contributed by atoms with Crippen molar-refractivity contribution in [2.75, 3.05) is 0 Å². The fourth-order valence-corrected chi connectivity index (χ4v) is 2.39. The summed E-state index contributed by atoms with van der Waals surface area (Å²) in [6.45, 7) is 1.81. The van der Waals surface area contributed by atoms with Gasteiger partial charge in [0.05, 0.1) is 11.6 Å². The van der Waals surface area contributed by atoms with Gasteiger partial charge in [-0.15, -0.1) is 0 Å². The average Bonchev–Trinajstić information content (AvgIpc) is 2.54. The van der Waals surface area contributed by atoms with Crippen molar-refractivity contribution in [3.8, 4) is 11.5 Å². The zero-order valence-corrected chi connectivity index (χ0v) is 12.6. The van der Waals surface area contributed by atoms with Crippen molar-refractivity contribution in [1.82, 2.24) is 4.98 Å². The van der Waals surface area contributed by atoms with E-state index in [-0.39, 0.29) is 6.10 Å². The van der Waals surface area contributed by atoms with Gasteiger partial charge >= 0.3 is 0 Å². The van der Waals surface area contributed by atoms with Crippen LogP contribution in [0.1, 0.15) is 18.9 Å². The first-order chi connectivity index (χ1) is 10.7. The van der Waals surface area contributed by atoms with E-state index in [9.17, 15) is 5.11 Å². The van der Waals surface area contributed by atoms with E-state index < -0.39 is 0 Å². The smallest absolute Gasteiger partial charge is 0.138 e. The molecule has 0 radical (unpaired) electrons. The Hall–Kier alpha value is -2.39. The van der Waals surface area contributed by atoms with E-state index in [1.54, 1.807) is 6.20 Å². The standard InChI is InChI=1S/C19H19NO2/c1-14(21)6-7-15-8-10-16(11-9-15)22-19-12-13-20-18-5-3-2-4-17(18)19/h2-5,8-14,21H,6-7H2,1H3. The molecule has 1 unspecified atom stereocenters. The van der Waals surface area contributed by atoms with E-state index in [0.29, 0.717) is 0 Å². The lowest BCUT2D eigenvalue weighted by Gasteiger charge is -2.09. The zero-order valence-electron chi connectivity index (χ0n) is 12.6. The molecule has 1 N–H and O–H groups in total. The largest absolute Gasteiger partial charge is 0.457 e. The Morgan fingerprint density at radius 1 is 1.05 bits per heavy atom. The Labute approximate surface area is 130 Å². The summed E-state index contributed by atoms with van der Waals surface area (Å²) in [5, 5.41) is 10.3.